The van der Waals surface area contributed by atoms with Crippen LogP contribution in [0.25, 0.3) is 0 Å². The van der Waals surface area contributed by atoms with E-state index >= 15 is 0 Å². The Balaban J connectivity index is 1.53. The van der Waals surface area contributed by atoms with Crippen molar-refractivity contribution >= 4 is 23.6 Å². The third kappa shape index (κ3) is 7.46. The maximum absolute atomic E-state index is 14.1. The average Bonchev–Trinajstić information content (AvgIpc) is 3.67. The minimum Gasteiger partial charge on any atom is -0.458 e. The van der Waals surface area contributed by atoms with E-state index in [4.69, 9.17) is 4.74 Å². The lowest BCUT2D eigenvalue weighted by atomic mass is 9.79. The first kappa shape index (κ1) is 30.1. The molecular weight excluding hydrogens is 508 g/mol. The third-order valence-corrected chi connectivity index (χ3v) is 8.70. The summed E-state index contributed by atoms with van der Waals surface area (Å²) in [5.41, 5.74) is -0.485. The number of hydrogen-bond donors (Lipinski definition) is 1. The van der Waals surface area contributed by atoms with Gasteiger partial charge in [-0.3, -0.25) is 19.4 Å². The van der Waals surface area contributed by atoms with E-state index in [0.717, 1.165) is 51.4 Å². The van der Waals surface area contributed by atoms with Crippen molar-refractivity contribution in [3.05, 3.63) is 24.3 Å². The fourth-order valence-corrected chi connectivity index (χ4v) is 6.47. The molecule has 2 amide bonds. The third-order valence-electron chi connectivity index (χ3n) is 8.70. The van der Waals surface area contributed by atoms with Crippen LogP contribution in [0.2, 0.25) is 0 Å². The lowest BCUT2D eigenvalue weighted by Gasteiger charge is -2.34. The predicted octanol–water partition coefficient (Wildman–Crippen LogP) is 4.36. The van der Waals surface area contributed by atoms with Gasteiger partial charge in [-0.15, -0.1) is 0 Å². The topological polar surface area (TPSA) is 119 Å². The number of carbonyl (C=O) groups is 4. The highest BCUT2D eigenvalue weighted by Crippen LogP contribution is 2.45. The zero-order valence-electron chi connectivity index (χ0n) is 24.7. The van der Waals surface area contributed by atoms with E-state index in [1.807, 2.05) is 34.6 Å². The average molecular weight is 555 g/mol. The van der Waals surface area contributed by atoms with Crippen molar-refractivity contribution in [1.29, 1.82) is 0 Å². The minimum absolute atomic E-state index is 0.0179. The molecule has 0 spiro atoms. The second kappa shape index (κ2) is 12.8. The van der Waals surface area contributed by atoms with E-state index in [0.29, 0.717) is 12.5 Å². The summed E-state index contributed by atoms with van der Waals surface area (Å²) in [6.45, 7) is 9.91. The van der Waals surface area contributed by atoms with Gasteiger partial charge in [0.2, 0.25) is 5.91 Å². The molecule has 1 aromatic heterocycles. The van der Waals surface area contributed by atoms with Gasteiger partial charge in [0, 0.05) is 31.3 Å². The zero-order valence-corrected chi connectivity index (χ0v) is 24.7. The molecule has 2 saturated carbocycles. The molecule has 0 unspecified atom stereocenters. The van der Waals surface area contributed by atoms with Gasteiger partial charge in [-0.05, 0) is 76.5 Å². The van der Waals surface area contributed by atoms with E-state index in [-0.39, 0.29) is 47.5 Å². The summed E-state index contributed by atoms with van der Waals surface area (Å²) in [4.78, 5) is 64.2. The van der Waals surface area contributed by atoms with E-state index in [1.165, 1.54) is 18.6 Å². The van der Waals surface area contributed by atoms with Crippen LogP contribution >= 0.6 is 0 Å². The molecule has 4 atom stereocenters. The molecule has 3 fully saturated rings. The van der Waals surface area contributed by atoms with Crippen molar-refractivity contribution in [2.75, 3.05) is 6.54 Å². The SMILES string of the molecule is CC(C)[C@H](CC(=O)[C@@H](NC(=O)c1cnccn1)C1CCCCC1)C(=O)N1CC[C@H](C2CC2)[C@H]1C(=O)OC(C)(C)C. The van der Waals surface area contributed by atoms with Gasteiger partial charge in [-0.2, -0.15) is 0 Å². The summed E-state index contributed by atoms with van der Waals surface area (Å²) >= 11 is 0. The molecule has 0 radical (unpaired) electrons. The first-order chi connectivity index (χ1) is 19.0. The second-order valence-electron chi connectivity index (χ2n) is 13.3. The van der Waals surface area contributed by atoms with Gasteiger partial charge in [0.05, 0.1) is 12.2 Å². The Morgan fingerprint density at radius 1 is 1.02 bits per heavy atom. The van der Waals surface area contributed by atoms with Crippen molar-refractivity contribution in [2.45, 2.75) is 110 Å². The predicted molar refractivity (Wildman–Crippen MR) is 150 cm³/mol. The Kier molecular flexibility index (Phi) is 9.62. The van der Waals surface area contributed by atoms with E-state index in [9.17, 15) is 19.2 Å². The van der Waals surface area contributed by atoms with Gasteiger partial charge in [0.25, 0.3) is 5.91 Å². The molecule has 3 aliphatic rings. The molecule has 1 aromatic rings. The van der Waals surface area contributed by atoms with Crippen LogP contribution in [0.5, 0.6) is 0 Å². The summed E-state index contributed by atoms with van der Waals surface area (Å²) in [6, 6.07) is -1.30. The van der Waals surface area contributed by atoms with Gasteiger partial charge < -0.3 is 15.0 Å². The number of likely N-dealkylation sites (tertiary alicyclic amines) is 1. The Bertz CT molecular complexity index is 1060. The molecule has 0 aromatic carbocycles. The summed E-state index contributed by atoms with van der Waals surface area (Å²) in [5.74, 6) is -1.21. The van der Waals surface area contributed by atoms with Gasteiger partial charge in [0.15, 0.2) is 5.78 Å². The largest absolute Gasteiger partial charge is 0.458 e. The van der Waals surface area contributed by atoms with Crippen LogP contribution in [0.4, 0.5) is 0 Å². The number of ether oxygens (including phenoxy) is 1. The molecule has 9 nitrogen and oxygen atoms in total. The van der Waals surface area contributed by atoms with Crippen molar-refractivity contribution in [1.82, 2.24) is 20.2 Å². The summed E-state index contributed by atoms with van der Waals surface area (Å²) < 4.78 is 5.78. The van der Waals surface area contributed by atoms with Crippen LogP contribution < -0.4 is 5.32 Å². The zero-order chi connectivity index (χ0) is 29.0. The number of aromatic nitrogens is 2. The van der Waals surface area contributed by atoms with Crippen LogP contribution in [0, 0.1) is 29.6 Å². The lowest BCUT2D eigenvalue weighted by molar-refractivity contribution is -0.166. The molecule has 4 rings (SSSR count). The molecule has 1 saturated heterocycles. The van der Waals surface area contributed by atoms with Gasteiger partial charge in [-0.1, -0.05) is 33.1 Å². The Morgan fingerprint density at radius 3 is 2.30 bits per heavy atom. The molecule has 220 valence electrons. The first-order valence-corrected chi connectivity index (χ1v) is 15.1. The number of carbonyl (C=O) groups excluding carboxylic acids is 4. The van der Waals surface area contributed by atoms with E-state index in [2.05, 4.69) is 15.3 Å². The highest BCUT2D eigenvalue weighted by molar-refractivity contribution is 5.98. The second-order valence-corrected chi connectivity index (χ2v) is 13.3. The van der Waals surface area contributed by atoms with E-state index < -0.39 is 29.5 Å². The summed E-state index contributed by atoms with van der Waals surface area (Å²) in [7, 11) is 0. The Labute approximate surface area is 238 Å². The van der Waals surface area contributed by atoms with Crippen LogP contribution in [-0.2, 0) is 19.1 Å². The number of nitrogens with zero attached hydrogens (tertiary/aromatic N) is 3. The van der Waals surface area contributed by atoms with E-state index in [1.54, 1.807) is 4.90 Å². The lowest BCUT2D eigenvalue weighted by Crippen LogP contribution is -2.51. The van der Waals surface area contributed by atoms with Gasteiger partial charge >= 0.3 is 5.97 Å². The van der Waals surface area contributed by atoms with Crippen LogP contribution in [0.3, 0.4) is 0 Å². The molecule has 2 aliphatic carbocycles. The number of amides is 2. The minimum atomic E-state index is -0.691. The molecule has 0 bridgehead atoms. The van der Waals surface area contributed by atoms with Crippen molar-refractivity contribution < 1.29 is 23.9 Å². The number of ketones is 1. The maximum atomic E-state index is 14.1. The molecular formula is C31H46N4O5. The maximum Gasteiger partial charge on any atom is 0.329 e. The standard InChI is InChI=1S/C31H46N4O5/c1-19(2)23(29(38)35-16-13-22(20-11-12-20)27(35)30(39)40-31(3,4)5)17-25(36)26(21-9-7-6-8-10-21)34-28(37)24-18-32-14-15-33-24/h14-15,18-23,26-27H,6-13,16-17H2,1-5H3,(H,34,37)/t22-,23+,26+,27+/m1/s1. The molecule has 2 heterocycles. The molecule has 40 heavy (non-hydrogen) atoms. The van der Waals surface area contributed by atoms with Crippen molar-refractivity contribution in [3.63, 3.8) is 0 Å². The number of hydrogen-bond acceptors (Lipinski definition) is 7. The fraction of sp³-hybridized carbons (Fsp3) is 0.742. The Hall–Kier alpha value is -2.84. The van der Waals surface area contributed by atoms with Crippen molar-refractivity contribution in [2.24, 2.45) is 29.6 Å². The summed E-state index contributed by atoms with van der Waals surface area (Å²) in [6.07, 6.45) is 12.1. The van der Waals surface area contributed by atoms with Crippen LogP contribution in [-0.4, -0.2) is 62.7 Å². The highest BCUT2D eigenvalue weighted by Gasteiger charge is 2.51. The number of esters is 1. The quantitative estimate of drug-likeness (QED) is 0.427. The van der Waals surface area contributed by atoms with Gasteiger partial charge in [-0.25, -0.2) is 9.78 Å². The van der Waals surface area contributed by atoms with Crippen molar-refractivity contribution in [3.8, 4) is 0 Å². The first-order valence-electron chi connectivity index (χ1n) is 15.1. The van der Waals surface area contributed by atoms with Crippen LogP contribution in [0.15, 0.2) is 18.6 Å². The van der Waals surface area contributed by atoms with Gasteiger partial charge in [0.1, 0.15) is 17.3 Å². The fourth-order valence-electron chi connectivity index (χ4n) is 6.47. The number of nitrogens with one attached hydrogen (secondary N) is 1. The Morgan fingerprint density at radius 2 is 1.73 bits per heavy atom. The number of rotatable bonds is 10. The smallest absolute Gasteiger partial charge is 0.329 e. The number of Topliss-reactive ketones (excluding diaryl/α,β-unsaturated/α-hetero) is 1. The van der Waals surface area contributed by atoms with Crippen LogP contribution in [0.1, 0.15) is 103 Å². The molecule has 9 heteroatoms. The highest BCUT2D eigenvalue weighted by atomic mass is 16.6. The monoisotopic (exact) mass is 554 g/mol. The normalized spacial score (nSPS) is 23.5. The molecule has 1 N–H and O–H groups in total. The molecule has 1 aliphatic heterocycles. The summed E-state index contributed by atoms with van der Waals surface area (Å²) in [5, 5.41) is 2.95.